The molecule has 0 radical (unpaired) electrons. The van der Waals surface area contributed by atoms with Gasteiger partial charge in [0.1, 0.15) is 5.82 Å². The molecular formula is C24H22N4O. The molecule has 144 valence electrons. The molecule has 0 bridgehead atoms. The predicted octanol–water partition coefficient (Wildman–Crippen LogP) is 4.32. The second kappa shape index (κ2) is 8.52. The van der Waals surface area contributed by atoms with Crippen LogP contribution in [-0.2, 0) is 20.1 Å². The fraction of sp³-hybridized carbons (Fsp3) is 0.125. The van der Waals surface area contributed by atoms with Crippen LogP contribution in [0.1, 0.15) is 21.7 Å². The van der Waals surface area contributed by atoms with Gasteiger partial charge in [0.2, 0.25) is 0 Å². The summed E-state index contributed by atoms with van der Waals surface area (Å²) in [5.74, 6) is 0.774. The van der Waals surface area contributed by atoms with Crippen LogP contribution in [0.4, 0.5) is 0 Å². The summed E-state index contributed by atoms with van der Waals surface area (Å²) in [5.41, 5.74) is 3.97. The summed E-state index contributed by atoms with van der Waals surface area (Å²) in [6.45, 7) is 0.924. The lowest BCUT2D eigenvalue weighted by molar-refractivity contribution is 0.0723. The smallest absolute Gasteiger partial charge is 0.256 e. The van der Waals surface area contributed by atoms with E-state index in [4.69, 9.17) is 0 Å². The van der Waals surface area contributed by atoms with E-state index >= 15 is 0 Å². The quantitative estimate of drug-likeness (QED) is 0.499. The highest BCUT2D eigenvalue weighted by atomic mass is 16.2. The van der Waals surface area contributed by atoms with Crippen LogP contribution in [0.5, 0.6) is 0 Å². The van der Waals surface area contributed by atoms with Crippen LogP contribution in [-0.4, -0.2) is 25.3 Å². The van der Waals surface area contributed by atoms with Crippen molar-refractivity contribution in [2.75, 3.05) is 0 Å². The van der Waals surface area contributed by atoms with Crippen LogP contribution in [0.25, 0.3) is 11.1 Å². The molecule has 2 heterocycles. The molecule has 1 amide bonds. The molecule has 0 unspecified atom stereocenters. The summed E-state index contributed by atoms with van der Waals surface area (Å²) in [7, 11) is 1.93. The zero-order chi connectivity index (χ0) is 20.1. The fourth-order valence-electron chi connectivity index (χ4n) is 3.24. The minimum absolute atomic E-state index is 0.0618. The van der Waals surface area contributed by atoms with Gasteiger partial charge in [-0.05, 0) is 28.8 Å². The summed E-state index contributed by atoms with van der Waals surface area (Å²) in [6.07, 6.45) is 6.90. The Morgan fingerprint density at radius 2 is 1.66 bits per heavy atom. The van der Waals surface area contributed by atoms with E-state index in [1.165, 1.54) is 5.56 Å². The first kappa shape index (κ1) is 18.6. The summed E-state index contributed by atoms with van der Waals surface area (Å²) in [6, 6.07) is 22.2. The van der Waals surface area contributed by atoms with Gasteiger partial charge in [0.15, 0.2) is 0 Å². The number of hydrogen-bond donors (Lipinski definition) is 0. The number of carbonyl (C=O) groups is 1. The third-order valence-corrected chi connectivity index (χ3v) is 4.88. The Kier molecular flexibility index (Phi) is 5.47. The molecule has 29 heavy (non-hydrogen) atoms. The van der Waals surface area contributed by atoms with E-state index in [0.717, 1.165) is 17.0 Å². The van der Waals surface area contributed by atoms with Crippen LogP contribution in [0.2, 0.25) is 0 Å². The van der Waals surface area contributed by atoms with Gasteiger partial charge in [-0.25, -0.2) is 4.98 Å². The molecular weight excluding hydrogens is 360 g/mol. The number of imidazole rings is 1. The number of rotatable bonds is 6. The van der Waals surface area contributed by atoms with Crippen LogP contribution < -0.4 is 0 Å². The Bertz CT molecular complexity index is 1070. The lowest BCUT2D eigenvalue weighted by Crippen LogP contribution is -2.31. The number of pyridine rings is 1. The van der Waals surface area contributed by atoms with E-state index in [-0.39, 0.29) is 5.91 Å². The molecule has 0 aliphatic rings. The molecule has 4 aromatic rings. The molecule has 2 aromatic heterocycles. The number of carbonyl (C=O) groups excluding carboxylic acids is 1. The van der Waals surface area contributed by atoms with Gasteiger partial charge in [0, 0.05) is 38.4 Å². The van der Waals surface area contributed by atoms with Crippen molar-refractivity contribution in [3.05, 3.63) is 108 Å². The van der Waals surface area contributed by atoms with Crippen molar-refractivity contribution >= 4 is 5.91 Å². The van der Waals surface area contributed by atoms with Gasteiger partial charge in [0.25, 0.3) is 5.91 Å². The highest BCUT2D eigenvalue weighted by Gasteiger charge is 2.18. The zero-order valence-electron chi connectivity index (χ0n) is 16.3. The molecule has 0 fully saturated rings. The molecule has 5 heteroatoms. The Balaban J connectivity index is 1.58. The van der Waals surface area contributed by atoms with Gasteiger partial charge in [-0.1, -0.05) is 54.6 Å². The van der Waals surface area contributed by atoms with Gasteiger partial charge in [-0.2, -0.15) is 0 Å². The minimum atomic E-state index is -0.0618. The Hall–Kier alpha value is -3.73. The van der Waals surface area contributed by atoms with E-state index in [1.807, 2.05) is 36.0 Å². The molecule has 2 aromatic carbocycles. The van der Waals surface area contributed by atoms with Crippen molar-refractivity contribution in [3.8, 4) is 11.1 Å². The van der Waals surface area contributed by atoms with E-state index in [0.29, 0.717) is 18.7 Å². The lowest BCUT2D eigenvalue weighted by atomic mass is 10.0. The fourth-order valence-corrected chi connectivity index (χ4v) is 3.24. The van der Waals surface area contributed by atoms with Crippen LogP contribution >= 0.6 is 0 Å². The molecule has 0 spiro atoms. The maximum absolute atomic E-state index is 13.1. The molecule has 0 atom stereocenters. The van der Waals surface area contributed by atoms with Crippen LogP contribution in [0, 0.1) is 0 Å². The second-order valence-electron chi connectivity index (χ2n) is 6.92. The highest BCUT2D eigenvalue weighted by molar-refractivity contribution is 5.93. The molecule has 0 aliphatic heterocycles. The van der Waals surface area contributed by atoms with Crippen LogP contribution in [0.3, 0.4) is 0 Å². The van der Waals surface area contributed by atoms with Crippen LogP contribution in [0.15, 0.2) is 91.5 Å². The van der Waals surface area contributed by atoms with Gasteiger partial charge in [0.05, 0.1) is 12.1 Å². The number of nitrogens with zero attached hydrogens (tertiary/aromatic N) is 4. The maximum Gasteiger partial charge on any atom is 0.256 e. The third kappa shape index (κ3) is 4.41. The molecule has 0 saturated heterocycles. The summed E-state index contributed by atoms with van der Waals surface area (Å²) in [5, 5.41) is 0. The number of aromatic nitrogens is 3. The summed E-state index contributed by atoms with van der Waals surface area (Å²) >= 11 is 0. The van der Waals surface area contributed by atoms with Crippen molar-refractivity contribution in [2.24, 2.45) is 7.05 Å². The first-order chi connectivity index (χ1) is 14.2. The van der Waals surface area contributed by atoms with Crippen molar-refractivity contribution in [1.29, 1.82) is 0 Å². The van der Waals surface area contributed by atoms with E-state index in [1.54, 1.807) is 35.6 Å². The normalized spacial score (nSPS) is 10.7. The first-order valence-corrected chi connectivity index (χ1v) is 9.50. The lowest BCUT2D eigenvalue weighted by Gasteiger charge is -2.23. The topological polar surface area (TPSA) is 51.0 Å². The van der Waals surface area contributed by atoms with E-state index in [2.05, 4.69) is 46.4 Å². The number of amides is 1. The Morgan fingerprint density at radius 1 is 0.897 bits per heavy atom. The van der Waals surface area contributed by atoms with Crippen molar-refractivity contribution in [2.45, 2.75) is 13.1 Å². The van der Waals surface area contributed by atoms with Crippen molar-refractivity contribution in [3.63, 3.8) is 0 Å². The Morgan fingerprint density at radius 3 is 2.31 bits per heavy atom. The van der Waals surface area contributed by atoms with E-state index in [9.17, 15) is 4.79 Å². The average molecular weight is 382 g/mol. The monoisotopic (exact) mass is 382 g/mol. The zero-order valence-corrected chi connectivity index (χ0v) is 16.3. The molecule has 5 nitrogen and oxygen atoms in total. The standard InChI is InChI=1S/C24H22N4O/c1-27-15-14-26-23(27)18-28(24(29)22-8-5-13-25-16-22)17-19-9-11-21(12-10-19)20-6-3-2-4-7-20/h2-16H,17-18H2,1H3. The van der Waals surface area contributed by atoms with Gasteiger partial charge < -0.3 is 9.47 Å². The largest absolute Gasteiger partial charge is 0.337 e. The van der Waals surface area contributed by atoms with E-state index < -0.39 is 0 Å². The number of aryl methyl sites for hydroxylation is 1. The second-order valence-corrected chi connectivity index (χ2v) is 6.92. The van der Waals surface area contributed by atoms with Crippen molar-refractivity contribution in [1.82, 2.24) is 19.4 Å². The molecule has 0 saturated carbocycles. The van der Waals surface area contributed by atoms with Gasteiger partial charge in [-0.15, -0.1) is 0 Å². The minimum Gasteiger partial charge on any atom is -0.337 e. The summed E-state index contributed by atoms with van der Waals surface area (Å²) in [4.78, 5) is 23.4. The van der Waals surface area contributed by atoms with Gasteiger partial charge >= 0.3 is 0 Å². The average Bonchev–Trinajstić information content (AvgIpc) is 3.19. The third-order valence-electron chi connectivity index (χ3n) is 4.88. The number of hydrogen-bond acceptors (Lipinski definition) is 3. The summed E-state index contributed by atoms with van der Waals surface area (Å²) < 4.78 is 1.93. The molecule has 0 aliphatic carbocycles. The maximum atomic E-state index is 13.1. The molecule has 4 rings (SSSR count). The first-order valence-electron chi connectivity index (χ1n) is 9.50. The van der Waals surface area contributed by atoms with Crippen molar-refractivity contribution < 1.29 is 4.79 Å². The number of benzene rings is 2. The highest BCUT2D eigenvalue weighted by Crippen LogP contribution is 2.20. The Labute approximate surface area is 170 Å². The molecule has 0 N–H and O–H groups in total. The van der Waals surface area contributed by atoms with Gasteiger partial charge in [-0.3, -0.25) is 9.78 Å². The predicted molar refractivity (Wildman–Crippen MR) is 113 cm³/mol. The SMILES string of the molecule is Cn1ccnc1CN(Cc1ccc(-c2ccccc2)cc1)C(=O)c1cccnc1.